The number of halogens is 3. The monoisotopic (exact) mass is 388 g/mol. The molecule has 0 atom stereocenters. The summed E-state index contributed by atoms with van der Waals surface area (Å²) < 4.78 is 19.9. The van der Waals surface area contributed by atoms with Crippen molar-refractivity contribution in [3.63, 3.8) is 0 Å². The molecule has 0 amide bonds. The number of nitrogens with zero attached hydrogens (tertiary/aromatic N) is 1. The third-order valence-electron chi connectivity index (χ3n) is 2.45. The summed E-state index contributed by atoms with van der Waals surface area (Å²) in [6, 6.07) is 8.53. The number of methoxy groups -OCH3 is 1. The molecule has 6 heteroatoms. The minimum atomic E-state index is -0.498. The van der Waals surface area contributed by atoms with Gasteiger partial charge in [-0.1, -0.05) is 6.07 Å². The van der Waals surface area contributed by atoms with Crippen molar-refractivity contribution in [1.82, 2.24) is 4.98 Å². The third kappa shape index (κ3) is 3.67. The van der Waals surface area contributed by atoms with Crippen LogP contribution in [-0.2, 0) is 6.54 Å². The van der Waals surface area contributed by atoms with Crippen molar-refractivity contribution < 1.29 is 9.13 Å². The summed E-state index contributed by atoms with van der Waals surface area (Å²) in [5.41, 5.74) is 1.02. The maximum atomic E-state index is 12.9. The first-order valence-electron chi connectivity index (χ1n) is 5.48. The first-order valence-corrected chi connectivity index (χ1v) is 7.07. The van der Waals surface area contributed by atoms with Gasteiger partial charge in [-0.25, -0.2) is 4.98 Å². The summed E-state index contributed by atoms with van der Waals surface area (Å²) in [7, 11) is 1.61. The second-order valence-corrected chi connectivity index (χ2v) is 5.50. The smallest absolute Gasteiger partial charge is 0.214 e. The Morgan fingerprint density at radius 1 is 1.26 bits per heavy atom. The third-order valence-corrected chi connectivity index (χ3v) is 3.63. The lowest BCUT2D eigenvalue weighted by molar-refractivity contribution is 0.409. The molecule has 0 fully saturated rings. The zero-order valence-corrected chi connectivity index (χ0v) is 13.3. The zero-order chi connectivity index (χ0) is 13.8. The Labute approximate surface area is 127 Å². The second kappa shape index (κ2) is 6.34. The Hall–Kier alpha value is -1.14. The first-order chi connectivity index (χ1) is 9.10. The van der Waals surface area contributed by atoms with E-state index in [0.717, 1.165) is 20.3 Å². The molecule has 1 aromatic heterocycles. The van der Waals surface area contributed by atoms with E-state index in [0.29, 0.717) is 12.4 Å². The number of rotatable bonds is 4. The number of hydrogen-bond acceptors (Lipinski definition) is 3. The summed E-state index contributed by atoms with van der Waals surface area (Å²) >= 11 is 6.88. The fourth-order valence-corrected chi connectivity index (χ4v) is 3.21. The van der Waals surface area contributed by atoms with Gasteiger partial charge in [0.1, 0.15) is 11.6 Å². The van der Waals surface area contributed by atoms with Crippen LogP contribution in [0.25, 0.3) is 0 Å². The number of anilines is 1. The molecule has 1 aromatic carbocycles. The summed E-state index contributed by atoms with van der Waals surface area (Å²) in [6.07, 6.45) is 0. The van der Waals surface area contributed by atoms with E-state index in [2.05, 4.69) is 42.2 Å². The molecule has 0 saturated heterocycles. The van der Waals surface area contributed by atoms with E-state index >= 15 is 0 Å². The van der Waals surface area contributed by atoms with E-state index in [1.165, 1.54) is 6.07 Å². The predicted octanol–water partition coefficient (Wildman–Crippen LogP) is 4.37. The first kappa shape index (κ1) is 14.3. The minimum absolute atomic E-state index is 0.498. The van der Waals surface area contributed by atoms with Crippen molar-refractivity contribution in [3.05, 3.63) is 50.8 Å². The molecule has 1 N–H and O–H groups in total. The highest BCUT2D eigenvalue weighted by Crippen LogP contribution is 2.34. The van der Waals surface area contributed by atoms with Gasteiger partial charge in [-0.15, -0.1) is 0 Å². The van der Waals surface area contributed by atoms with Gasteiger partial charge in [0.2, 0.25) is 5.95 Å². The lowest BCUT2D eigenvalue weighted by atomic mass is 10.2. The number of hydrogen-bond donors (Lipinski definition) is 1. The molecule has 0 aliphatic carbocycles. The van der Waals surface area contributed by atoms with Gasteiger partial charge in [0, 0.05) is 6.54 Å². The highest BCUT2D eigenvalue weighted by atomic mass is 79.9. The van der Waals surface area contributed by atoms with Gasteiger partial charge in [-0.3, -0.25) is 0 Å². The standard InChI is InChI=1S/C13H11Br2FN2O/c1-19-13-9(14)5-8(6-10(13)15)7-17-12-4-2-3-11(16)18-12/h2-6H,7H2,1H3,(H,17,18). The quantitative estimate of drug-likeness (QED) is 0.788. The molecule has 0 bridgehead atoms. The lowest BCUT2D eigenvalue weighted by Gasteiger charge is -2.10. The van der Waals surface area contributed by atoms with Crippen molar-refractivity contribution in [2.45, 2.75) is 6.54 Å². The molecule has 100 valence electrons. The average molecular weight is 390 g/mol. The maximum Gasteiger partial charge on any atom is 0.214 e. The Morgan fingerprint density at radius 3 is 2.53 bits per heavy atom. The number of aromatic nitrogens is 1. The van der Waals surface area contributed by atoms with E-state index in [-0.39, 0.29) is 0 Å². The van der Waals surface area contributed by atoms with Crippen LogP contribution in [0.5, 0.6) is 5.75 Å². The fourth-order valence-electron chi connectivity index (χ4n) is 1.61. The van der Waals surface area contributed by atoms with Crippen molar-refractivity contribution in [1.29, 1.82) is 0 Å². The van der Waals surface area contributed by atoms with Gasteiger partial charge in [-0.05, 0) is 61.7 Å². The summed E-state index contributed by atoms with van der Waals surface area (Å²) in [6.45, 7) is 0.539. The molecule has 2 rings (SSSR count). The molecule has 0 radical (unpaired) electrons. The number of ether oxygens (including phenoxy) is 1. The van der Waals surface area contributed by atoms with Crippen LogP contribution in [-0.4, -0.2) is 12.1 Å². The maximum absolute atomic E-state index is 12.9. The van der Waals surface area contributed by atoms with E-state index in [1.807, 2.05) is 12.1 Å². The van der Waals surface area contributed by atoms with Crippen molar-refractivity contribution >= 4 is 37.7 Å². The van der Waals surface area contributed by atoms with Crippen molar-refractivity contribution in [3.8, 4) is 5.75 Å². The molecule has 2 aromatic rings. The molecular formula is C13H11Br2FN2O. The highest BCUT2D eigenvalue weighted by molar-refractivity contribution is 9.11. The molecule has 19 heavy (non-hydrogen) atoms. The predicted molar refractivity (Wildman–Crippen MR) is 79.9 cm³/mol. The van der Waals surface area contributed by atoms with Crippen LogP contribution in [0.4, 0.5) is 10.2 Å². The largest absolute Gasteiger partial charge is 0.494 e. The van der Waals surface area contributed by atoms with Crippen LogP contribution < -0.4 is 10.1 Å². The van der Waals surface area contributed by atoms with E-state index < -0.39 is 5.95 Å². The van der Waals surface area contributed by atoms with Crippen LogP contribution in [0.2, 0.25) is 0 Å². The summed E-state index contributed by atoms with van der Waals surface area (Å²) in [4.78, 5) is 3.74. The van der Waals surface area contributed by atoms with E-state index in [4.69, 9.17) is 4.74 Å². The Balaban J connectivity index is 2.12. The SMILES string of the molecule is COc1c(Br)cc(CNc2cccc(F)n2)cc1Br. The number of pyridine rings is 1. The molecule has 0 spiro atoms. The number of benzene rings is 1. The van der Waals surface area contributed by atoms with Crippen LogP contribution >= 0.6 is 31.9 Å². The molecule has 0 aliphatic heterocycles. The highest BCUT2D eigenvalue weighted by Gasteiger charge is 2.07. The molecular weight excluding hydrogens is 379 g/mol. The Kier molecular flexibility index (Phi) is 4.76. The lowest BCUT2D eigenvalue weighted by Crippen LogP contribution is -2.02. The van der Waals surface area contributed by atoms with Crippen LogP contribution in [0.3, 0.4) is 0 Å². The van der Waals surface area contributed by atoms with Crippen molar-refractivity contribution in [2.24, 2.45) is 0 Å². The molecule has 0 aliphatic rings. The van der Waals surface area contributed by atoms with Crippen LogP contribution in [0, 0.1) is 5.95 Å². The van der Waals surface area contributed by atoms with Gasteiger partial charge < -0.3 is 10.1 Å². The van der Waals surface area contributed by atoms with Crippen molar-refractivity contribution in [2.75, 3.05) is 12.4 Å². The second-order valence-electron chi connectivity index (χ2n) is 3.79. The molecule has 0 unspecified atom stereocenters. The summed E-state index contributed by atoms with van der Waals surface area (Å²) in [5, 5.41) is 3.06. The van der Waals surface area contributed by atoms with Gasteiger partial charge in [0.15, 0.2) is 0 Å². The van der Waals surface area contributed by atoms with Gasteiger partial charge >= 0.3 is 0 Å². The summed E-state index contributed by atoms with van der Waals surface area (Å²) in [5.74, 6) is 0.748. The van der Waals surface area contributed by atoms with Gasteiger partial charge in [0.05, 0.1) is 16.1 Å². The topological polar surface area (TPSA) is 34.1 Å². The fraction of sp³-hybridized carbons (Fsp3) is 0.154. The normalized spacial score (nSPS) is 10.3. The Bertz CT molecular complexity index is 570. The molecule has 3 nitrogen and oxygen atoms in total. The van der Waals surface area contributed by atoms with Gasteiger partial charge in [0.25, 0.3) is 0 Å². The average Bonchev–Trinajstić information content (AvgIpc) is 2.36. The van der Waals surface area contributed by atoms with Gasteiger partial charge in [-0.2, -0.15) is 4.39 Å². The van der Waals surface area contributed by atoms with E-state index in [1.54, 1.807) is 19.2 Å². The Morgan fingerprint density at radius 2 is 1.95 bits per heavy atom. The van der Waals surface area contributed by atoms with Crippen LogP contribution in [0.1, 0.15) is 5.56 Å². The van der Waals surface area contributed by atoms with E-state index in [9.17, 15) is 4.39 Å². The number of nitrogens with one attached hydrogen (secondary N) is 1. The van der Waals surface area contributed by atoms with Crippen LogP contribution in [0.15, 0.2) is 39.3 Å². The molecule has 0 saturated carbocycles. The minimum Gasteiger partial charge on any atom is -0.494 e. The molecule has 1 heterocycles. The zero-order valence-electron chi connectivity index (χ0n) is 10.1.